The van der Waals surface area contributed by atoms with E-state index in [0.717, 1.165) is 0 Å². The molecule has 23 heavy (non-hydrogen) atoms. The summed E-state index contributed by atoms with van der Waals surface area (Å²) < 4.78 is 0. The van der Waals surface area contributed by atoms with Crippen LogP contribution in [0.2, 0.25) is 10.0 Å². The molecule has 0 spiro atoms. The maximum Gasteiger partial charge on any atom is 0.335 e. The van der Waals surface area contributed by atoms with E-state index < -0.39 is 11.9 Å². The highest BCUT2D eigenvalue weighted by Crippen LogP contribution is 2.24. The first-order valence-corrected chi connectivity index (χ1v) is 7.41. The minimum Gasteiger partial charge on any atom is -0.478 e. The number of nitrogens with one attached hydrogen (secondary N) is 1. The lowest BCUT2D eigenvalue weighted by Gasteiger charge is -2.09. The summed E-state index contributed by atoms with van der Waals surface area (Å²) in [5, 5.41) is 12.4. The number of anilines is 1. The largest absolute Gasteiger partial charge is 0.478 e. The Labute approximate surface area is 143 Å². The fraction of sp³-hybridized carbons (Fsp3) is 0.0588. The van der Waals surface area contributed by atoms with Gasteiger partial charge in [-0.2, -0.15) is 0 Å². The van der Waals surface area contributed by atoms with Crippen molar-refractivity contribution >= 4 is 46.8 Å². The van der Waals surface area contributed by atoms with Crippen LogP contribution in [0.1, 0.15) is 22.8 Å². The van der Waals surface area contributed by atoms with E-state index >= 15 is 0 Å². The van der Waals surface area contributed by atoms with Crippen LogP contribution in [0.15, 0.2) is 48.0 Å². The molecular formula is C17H13Cl2NO3. The number of halogens is 2. The summed E-state index contributed by atoms with van der Waals surface area (Å²) in [7, 11) is 0. The quantitative estimate of drug-likeness (QED) is 0.783. The van der Waals surface area contributed by atoms with Gasteiger partial charge in [0.25, 0.3) is 5.91 Å². The third-order valence-corrected chi connectivity index (χ3v) is 3.77. The first kappa shape index (κ1) is 17.1. The minimum atomic E-state index is -1.10. The standard InChI is InChI=1S/C17H13Cl2NO3/c1-10(8-11-4-2-3-5-13(11)18)16(21)20-15-9-12(17(22)23)6-7-14(15)19/h2-9H,1H3,(H,20,21)(H,22,23). The second-order valence-electron chi connectivity index (χ2n) is 4.80. The molecule has 2 rings (SSSR count). The molecule has 6 heteroatoms. The zero-order chi connectivity index (χ0) is 17.0. The SMILES string of the molecule is CC(=Cc1ccccc1Cl)C(=O)Nc1cc(C(=O)O)ccc1Cl. The van der Waals surface area contributed by atoms with E-state index in [1.165, 1.54) is 18.2 Å². The van der Waals surface area contributed by atoms with Gasteiger partial charge in [0.2, 0.25) is 0 Å². The molecular weight excluding hydrogens is 337 g/mol. The van der Waals surface area contributed by atoms with E-state index in [1.807, 2.05) is 6.07 Å². The topological polar surface area (TPSA) is 66.4 Å². The minimum absolute atomic E-state index is 0.0393. The van der Waals surface area contributed by atoms with Crippen molar-refractivity contribution in [2.24, 2.45) is 0 Å². The first-order chi connectivity index (χ1) is 10.9. The van der Waals surface area contributed by atoms with Gasteiger partial charge >= 0.3 is 5.97 Å². The number of hydrogen-bond donors (Lipinski definition) is 2. The predicted molar refractivity (Wildman–Crippen MR) is 92.1 cm³/mol. The van der Waals surface area contributed by atoms with Gasteiger partial charge in [-0.3, -0.25) is 4.79 Å². The summed E-state index contributed by atoms with van der Waals surface area (Å²) in [5.41, 5.74) is 1.41. The van der Waals surface area contributed by atoms with Gasteiger partial charge in [0.05, 0.1) is 16.3 Å². The van der Waals surface area contributed by atoms with Crippen LogP contribution < -0.4 is 5.32 Å². The van der Waals surface area contributed by atoms with Crippen LogP contribution in [0.25, 0.3) is 6.08 Å². The second-order valence-corrected chi connectivity index (χ2v) is 5.62. The van der Waals surface area contributed by atoms with Crippen molar-refractivity contribution < 1.29 is 14.7 Å². The van der Waals surface area contributed by atoms with Crippen LogP contribution in [0.5, 0.6) is 0 Å². The molecule has 0 saturated carbocycles. The number of rotatable bonds is 4. The van der Waals surface area contributed by atoms with Gasteiger partial charge < -0.3 is 10.4 Å². The van der Waals surface area contributed by atoms with E-state index in [2.05, 4.69) is 5.32 Å². The van der Waals surface area contributed by atoms with Crippen LogP contribution in [-0.4, -0.2) is 17.0 Å². The third-order valence-electron chi connectivity index (χ3n) is 3.10. The smallest absolute Gasteiger partial charge is 0.335 e. The van der Waals surface area contributed by atoms with Crippen LogP contribution in [0, 0.1) is 0 Å². The summed E-state index contributed by atoms with van der Waals surface area (Å²) in [6, 6.07) is 11.2. The first-order valence-electron chi connectivity index (χ1n) is 6.65. The molecule has 1 amide bonds. The molecule has 0 bridgehead atoms. The molecule has 0 unspecified atom stereocenters. The van der Waals surface area contributed by atoms with Crippen LogP contribution in [-0.2, 0) is 4.79 Å². The Balaban J connectivity index is 2.23. The molecule has 2 N–H and O–H groups in total. The molecule has 0 aromatic heterocycles. The average Bonchev–Trinajstić information content (AvgIpc) is 2.51. The summed E-state index contributed by atoms with van der Waals surface area (Å²) in [6.07, 6.45) is 1.65. The molecule has 0 fully saturated rings. The summed E-state index contributed by atoms with van der Waals surface area (Å²) >= 11 is 12.0. The number of carboxylic acids is 1. The Kier molecular flexibility index (Phi) is 5.42. The molecule has 0 radical (unpaired) electrons. The zero-order valence-corrected chi connectivity index (χ0v) is 13.7. The lowest BCUT2D eigenvalue weighted by Crippen LogP contribution is -2.13. The lowest BCUT2D eigenvalue weighted by atomic mass is 10.1. The average molecular weight is 350 g/mol. The van der Waals surface area contributed by atoms with Gasteiger partial charge in [-0.15, -0.1) is 0 Å². The van der Waals surface area contributed by atoms with Gasteiger partial charge in [0.15, 0.2) is 0 Å². The molecule has 0 aliphatic heterocycles. The van der Waals surface area contributed by atoms with E-state index in [-0.39, 0.29) is 16.3 Å². The Morgan fingerprint density at radius 3 is 2.43 bits per heavy atom. The van der Waals surface area contributed by atoms with E-state index in [9.17, 15) is 9.59 Å². The highest BCUT2D eigenvalue weighted by Gasteiger charge is 2.11. The highest BCUT2D eigenvalue weighted by molar-refractivity contribution is 6.34. The van der Waals surface area contributed by atoms with Gasteiger partial charge in [-0.1, -0.05) is 41.4 Å². The summed E-state index contributed by atoms with van der Waals surface area (Å²) in [5.74, 6) is -1.49. The Bertz CT molecular complexity index is 800. The molecule has 4 nitrogen and oxygen atoms in total. The van der Waals surface area contributed by atoms with Crippen LogP contribution in [0.4, 0.5) is 5.69 Å². The van der Waals surface area contributed by atoms with Crippen molar-refractivity contribution in [2.75, 3.05) is 5.32 Å². The number of carboxylic acid groups (broad SMARTS) is 1. The number of amides is 1. The molecule has 118 valence electrons. The number of aromatic carboxylic acids is 1. The molecule has 0 aliphatic carbocycles. The second kappa shape index (κ2) is 7.31. The summed E-state index contributed by atoms with van der Waals surface area (Å²) in [6.45, 7) is 1.63. The Hall–Kier alpha value is -2.30. The fourth-order valence-electron chi connectivity index (χ4n) is 1.87. The van der Waals surface area contributed by atoms with Crippen molar-refractivity contribution in [3.8, 4) is 0 Å². The maximum absolute atomic E-state index is 12.2. The Morgan fingerprint density at radius 1 is 1.09 bits per heavy atom. The van der Waals surface area contributed by atoms with Crippen molar-refractivity contribution in [3.63, 3.8) is 0 Å². The van der Waals surface area contributed by atoms with Crippen LogP contribution in [0.3, 0.4) is 0 Å². The number of carbonyl (C=O) groups excluding carboxylic acids is 1. The number of carbonyl (C=O) groups is 2. The predicted octanol–water partition coefficient (Wildman–Crippen LogP) is 4.73. The molecule has 0 aliphatic rings. The molecule has 0 saturated heterocycles. The van der Waals surface area contributed by atoms with Crippen LogP contribution >= 0.6 is 23.2 Å². The van der Waals surface area contributed by atoms with Crippen molar-refractivity contribution in [2.45, 2.75) is 6.92 Å². The van der Waals surface area contributed by atoms with Gasteiger partial charge in [0, 0.05) is 10.6 Å². The summed E-state index contributed by atoms with van der Waals surface area (Å²) in [4.78, 5) is 23.2. The number of benzene rings is 2. The number of hydrogen-bond acceptors (Lipinski definition) is 2. The lowest BCUT2D eigenvalue weighted by molar-refractivity contribution is -0.112. The van der Waals surface area contributed by atoms with Gasteiger partial charge in [0.1, 0.15) is 0 Å². The monoisotopic (exact) mass is 349 g/mol. The maximum atomic E-state index is 12.2. The van der Waals surface area contributed by atoms with E-state index in [1.54, 1.807) is 31.2 Å². The van der Waals surface area contributed by atoms with E-state index in [4.69, 9.17) is 28.3 Å². The van der Waals surface area contributed by atoms with E-state index in [0.29, 0.717) is 16.2 Å². The highest BCUT2D eigenvalue weighted by atomic mass is 35.5. The molecule has 0 heterocycles. The van der Waals surface area contributed by atoms with Crippen molar-refractivity contribution in [1.29, 1.82) is 0 Å². The zero-order valence-electron chi connectivity index (χ0n) is 12.1. The fourth-order valence-corrected chi connectivity index (χ4v) is 2.22. The molecule has 2 aromatic rings. The van der Waals surface area contributed by atoms with Crippen molar-refractivity contribution in [1.82, 2.24) is 0 Å². The van der Waals surface area contributed by atoms with Gasteiger partial charge in [-0.05, 0) is 42.8 Å². The third kappa shape index (κ3) is 4.34. The van der Waals surface area contributed by atoms with Gasteiger partial charge in [-0.25, -0.2) is 4.79 Å². The Morgan fingerprint density at radius 2 is 1.78 bits per heavy atom. The molecule has 0 atom stereocenters. The molecule has 2 aromatic carbocycles. The van der Waals surface area contributed by atoms with Crippen molar-refractivity contribution in [3.05, 3.63) is 69.2 Å². The normalized spacial score (nSPS) is 11.2.